The first-order valence-electron chi connectivity index (χ1n) is 1.11. The topological polar surface area (TPSA) is 97.3 Å². The van der Waals surface area contributed by atoms with Gasteiger partial charge in [-0.3, -0.25) is 0 Å². The van der Waals surface area contributed by atoms with Gasteiger partial charge < -0.3 is 14.4 Å². The van der Waals surface area contributed by atoms with E-state index in [0.717, 1.165) is 0 Å². The number of hydrogen-bond acceptors (Lipinski definition) is 5. The van der Waals surface area contributed by atoms with Crippen LogP contribution >= 0.6 is 14.7 Å². The van der Waals surface area contributed by atoms with Crippen LogP contribution in [0.4, 0.5) is 0 Å². The fraction of sp³-hybridized carbons (Fsp3) is 0. The fourth-order valence-corrected chi connectivity index (χ4v) is 0. The monoisotopic (exact) mass is 142 g/mol. The van der Waals surface area contributed by atoms with Gasteiger partial charge in [0.15, 0.2) is 0 Å². The van der Waals surface area contributed by atoms with Gasteiger partial charge in [0.2, 0.25) is 0 Å². The number of rotatable bonds is 1. The molecule has 0 spiro atoms. The van der Waals surface area contributed by atoms with Crippen LogP contribution in [0.3, 0.4) is 0 Å². The minimum atomic E-state index is -5.28. The molecular formula is O5P2-2. The normalized spacial score (nSPS) is 11.1. The average Bonchev–Trinajstić information content (AvgIpc) is 1.31. The molecule has 0 amide bonds. The Bertz CT molecular complexity index is 149. The average molecular weight is 142 g/mol. The molecule has 0 unspecified atom stereocenters. The molecule has 0 bridgehead atoms. The van der Waals surface area contributed by atoms with E-state index in [9.17, 15) is 14.4 Å². The van der Waals surface area contributed by atoms with Gasteiger partial charge in [-0.25, -0.2) is 9.13 Å². The van der Waals surface area contributed by atoms with Gasteiger partial charge in [0.05, 0.1) is 7.28 Å². The van der Waals surface area contributed by atoms with E-state index in [1.807, 2.05) is 0 Å². The molecule has 0 fully saturated rings. The van der Waals surface area contributed by atoms with E-state index in [2.05, 4.69) is 0 Å². The third-order valence-electron chi connectivity index (χ3n) is 0.200. The highest BCUT2D eigenvalue weighted by Crippen LogP contribution is 2.45. The minimum Gasteiger partial charge on any atom is -0.800 e. The molecule has 0 saturated carbocycles. The van der Waals surface area contributed by atoms with E-state index in [4.69, 9.17) is 9.13 Å². The zero-order chi connectivity index (χ0) is 6.08. The zero-order valence-corrected chi connectivity index (χ0v) is 4.72. The summed E-state index contributed by atoms with van der Waals surface area (Å²) in [6.45, 7) is 0. The molecule has 0 aliphatic heterocycles. The molecule has 7 heavy (non-hydrogen) atoms. The molecule has 0 N–H and O–H groups in total. The van der Waals surface area contributed by atoms with Gasteiger partial charge in [-0.1, -0.05) is 0 Å². The third kappa shape index (κ3) is 2.71. The quantitative estimate of drug-likeness (QED) is 0.436. The van der Waals surface area contributed by atoms with Gasteiger partial charge in [-0.05, 0) is 0 Å². The summed E-state index contributed by atoms with van der Waals surface area (Å²) in [5, 5.41) is 0. The zero-order valence-electron chi connectivity index (χ0n) is 2.94. The van der Waals surface area contributed by atoms with E-state index in [0.29, 0.717) is 0 Å². The Hall–Kier alpha value is 0.0500. The molecule has 0 heterocycles. The van der Waals surface area contributed by atoms with Crippen molar-refractivity contribution in [3.05, 3.63) is 0 Å². The molecule has 7 heteroatoms. The van der Waals surface area contributed by atoms with Crippen molar-refractivity contribution in [1.82, 2.24) is 0 Å². The summed E-state index contributed by atoms with van der Waals surface area (Å²) in [6.07, 6.45) is 0. The Balaban J connectivity index is 4.42. The van der Waals surface area contributed by atoms with Gasteiger partial charge in [0.25, 0.3) is 0 Å². The van der Waals surface area contributed by atoms with Crippen molar-refractivity contribution >= 4 is 14.7 Å². The first-order chi connectivity index (χ1) is 2.94. The molecule has 0 aromatic heterocycles. The Morgan fingerprint density at radius 1 is 1.29 bits per heavy atom. The van der Waals surface area contributed by atoms with Crippen molar-refractivity contribution in [3.63, 3.8) is 0 Å². The summed E-state index contributed by atoms with van der Waals surface area (Å²) in [6, 6.07) is 0. The maximum atomic E-state index is 9.21. The van der Waals surface area contributed by atoms with Gasteiger partial charge in [0, 0.05) is 0 Å². The minimum absolute atomic E-state index is 3.80. The van der Waals surface area contributed by atoms with E-state index in [1.54, 1.807) is 0 Å². The molecule has 5 nitrogen and oxygen atoms in total. The van der Waals surface area contributed by atoms with E-state index in [-0.39, 0.29) is 0 Å². The molecule has 0 rings (SSSR count). The molecule has 0 saturated heterocycles. The van der Waals surface area contributed by atoms with Crippen LogP contribution in [0.5, 0.6) is 0 Å². The van der Waals surface area contributed by atoms with Crippen LogP contribution in [0, 0.1) is 0 Å². The smallest absolute Gasteiger partial charge is 0.344 e. The predicted molar refractivity (Wildman–Crippen MR) is 15.9 cm³/mol. The van der Waals surface area contributed by atoms with Crippen molar-refractivity contribution in [3.8, 4) is 0 Å². The highest BCUT2D eigenvalue weighted by Gasteiger charge is 1.92. The lowest BCUT2D eigenvalue weighted by Crippen LogP contribution is -2.07. The van der Waals surface area contributed by atoms with Crippen molar-refractivity contribution in [2.24, 2.45) is 0 Å². The Kier molecular flexibility index (Phi) is 1.90. The maximum Gasteiger partial charge on any atom is 0.344 e. The first kappa shape index (κ1) is 7.05. The highest BCUT2D eigenvalue weighted by molar-refractivity contribution is 8.15. The Morgan fingerprint density at radius 3 is 1.43 bits per heavy atom. The van der Waals surface area contributed by atoms with Crippen LogP contribution in [0.1, 0.15) is 0 Å². The standard InChI is InChI=1S/H2O5P2/c1-6(2)7(3,4)5/h(H2,3,4,5)/p-2. The summed E-state index contributed by atoms with van der Waals surface area (Å²) >= 11 is 0. The predicted octanol–water partition coefficient (Wildman–Crippen LogP) is -1.01. The maximum absolute atomic E-state index is 9.21. The second-order valence-electron chi connectivity index (χ2n) is 0.706. The van der Waals surface area contributed by atoms with Crippen LogP contribution in [0.2, 0.25) is 0 Å². The Morgan fingerprint density at radius 2 is 1.43 bits per heavy atom. The van der Waals surface area contributed by atoms with Crippen molar-refractivity contribution in [2.45, 2.75) is 0 Å². The second-order valence-corrected chi connectivity index (χ2v) is 4.57. The van der Waals surface area contributed by atoms with Crippen LogP contribution in [0.25, 0.3) is 0 Å². The highest BCUT2D eigenvalue weighted by atomic mass is 32.1. The van der Waals surface area contributed by atoms with Crippen molar-refractivity contribution in [2.75, 3.05) is 0 Å². The first-order valence-corrected chi connectivity index (χ1v) is 4.54. The van der Waals surface area contributed by atoms with Crippen molar-refractivity contribution < 1.29 is 23.5 Å². The summed E-state index contributed by atoms with van der Waals surface area (Å²) in [5.41, 5.74) is 0. The van der Waals surface area contributed by atoms with Gasteiger partial charge >= 0.3 is 7.37 Å². The third-order valence-corrected chi connectivity index (χ3v) is 1.80. The molecular weight excluding hydrogens is 142 g/mol. The molecule has 42 valence electrons. The molecule has 0 atom stereocenters. The molecule has 0 aliphatic carbocycles. The van der Waals surface area contributed by atoms with Gasteiger partial charge in [0.1, 0.15) is 0 Å². The SMILES string of the molecule is O=P(=O)P(=O)([O-])[O-]. The largest absolute Gasteiger partial charge is 0.800 e. The number of hydrogen-bond donors (Lipinski definition) is 0. The molecule has 0 aliphatic rings. The summed E-state index contributed by atoms with van der Waals surface area (Å²) in [4.78, 5) is 18.4. The summed E-state index contributed by atoms with van der Waals surface area (Å²) < 4.78 is 27.5. The molecule has 0 aromatic rings. The second kappa shape index (κ2) is 1.88. The van der Waals surface area contributed by atoms with Crippen LogP contribution in [-0.4, -0.2) is 0 Å². The van der Waals surface area contributed by atoms with Crippen LogP contribution in [-0.2, 0) is 13.7 Å². The lowest BCUT2D eigenvalue weighted by Gasteiger charge is -2.17. The lowest BCUT2D eigenvalue weighted by molar-refractivity contribution is -0.304. The summed E-state index contributed by atoms with van der Waals surface area (Å²) in [7, 11) is -9.08. The van der Waals surface area contributed by atoms with Crippen molar-refractivity contribution in [1.29, 1.82) is 0 Å². The summed E-state index contributed by atoms with van der Waals surface area (Å²) in [5.74, 6) is 0. The van der Waals surface area contributed by atoms with Gasteiger partial charge in [-0.2, -0.15) is 0 Å². The molecule has 0 radical (unpaired) electrons. The molecule has 0 aromatic carbocycles. The van der Waals surface area contributed by atoms with Gasteiger partial charge in [-0.15, -0.1) is 0 Å². The fourth-order valence-electron chi connectivity index (χ4n) is 0. The van der Waals surface area contributed by atoms with E-state index in [1.165, 1.54) is 0 Å². The van der Waals surface area contributed by atoms with Crippen LogP contribution in [0.15, 0.2) is 0 Å². The van der Waals surface area contributed by atoms with E-state index < -0.39 is 14.7 Å². The van der Waals surface area contributed by atoms with E-state index >= 15 is 0 Å². The lowest BCUT2D eigenvalue weighted by atomic mass is 15.8. The van der Waals surface area contributed by atoms with Crippen LogP contribution < -0.4 is 9.79 Å². The Labute approximate surface area is 39.2 Å².